The fourth-order valence-corrected chi connectivity index (χ4v) is 4.15. The first kappa shape index (κ1) is 21.8. The fourth-order valence-electron chi connectivity index (χ4n) is 4.02. The van der Waals surface area contributed by atoms with E-state index in [1.54, 1.807) is 6.92 Å². The second-order valence-electron chi connectivity index (χ2n) is 7.71. The van der Waals surface area contributed by atoms with E-state index >= 15 is 0 Å². The first-order valence-electron chi connectivity index (χ1n) is 10.3. The van der Waals surface area contributed by atoms with Crippen LogP contribution in [0.3, 0.4) is 0 Å². The Morgan fingerprint density at radius 1 is 1.31 bits per heavy atom. The molecule has 1 aromatic heterocycles. The molecule has 1 fully saturated rings. The van der Waals surface area contributed by atoms with Crippen LogP contribution in [0.5, 0.6) is 0 Å². The average molecular weight is 419 g/mol. The van der Waals surface area contributed by atoms with Gasteiger partial charge in [-0.1, -0.05) is 25.4 Å². The number of halogens is 1. The van der Waals surface area contributed by atoms with Gasteiger partial charge < -0.3 is 9.73 Å². The SMILES string of the molecule is CCN(CC)C(CNC(C)=O)C1CN(Cc2nc(-c3ccc(Cl)cc3)oc2C)C1. The molecule has 0 radical (unpaired) electrons. The molecule has 1 amide bonds. The molecule has 0 saturated carbocycles. The summed E-state index contributed by atoms with van der Waals surface area (Å²) in [6.45, 7) is 13.4. The van der Waals surface area contributed by atoms with Gasteiger partial charge in [-0.25, -0.2) is 4.98 Å². The predicted octanol–water partition coefficient (Wildman–Crippen LogP) is 3.58. The van der Waals surface area contributed by atoms with Crippen molar-refractivity contribution in [2.24, 2.45) is 5.92 Å². The molecule has 0 bridgehead atoms. The van der Waals surface area contributed by atoms with Gasteiger partial charge in [-0.2, -0.15) is 0 Å². The molecule has 7 heteroatoms. The molecule has 0 aliphatic carbocycles. The van der Waals surface area contributed by atoms with Gasteiger partial charge in [-0.3, -0.25) is 14.6 Å². The molecule has 1 saturated heterocycles. The zero-order valence-electron chi connectivity index (χ0n) is 17.7. The smallest absolute Gasteiger partial charge is 0.226 e. The van der Waals surface area contributed by atoms with Crippen LogP contribution in [-0.2, 0) is 11.3 Å². The number of amides is 1. The average Bonchev–Trinajstić information content (AvgIpc) is 3.03. The Balaban J connectivity index is 1.60. The van der Waals surface area contributed by atoms with Crippen LogP contribution in [0.1, 0.15) is 32.2 Å². The van der Waals surface area contributed by atoms with Crippen LogP contribution >= 0.6 is 11.6 Å². The minimum absolute atomic E-state index is 0.0336. The second kappa shape index (κ2) is 9.74. The van der Waals surface area contributed by atoms with Gasteiger partial charge in [0.15, 0.2) is 0 Å². The maximum atomic E-state index is 11.4. The maximum absolute atomic E-state index is 11.4. The first-order chi connectivity index (χ1) is 13.9. The zero-order chi connectivity index (χ0) is 21.0. The van der Waals surface area contributed by atoms with E-state index in [2.05, 4.69) is 29.0 Å². The summed E-state index contributed by atoms with van der Waals surface area (Å²) < 4.78 is 5.89. The molecule has 6 nitrogen and oxygen atoms in total. The van der Waals surface area contributed by atoms with Crippen LogP contribution in [-0.4, -0.2) is 59.5 Å². The Kier molecular flexibility index (Phi) is 7.33. The van der Waals surface area contributed by atoms with E-state index in [1.807, 2.05) is 31.2 Å². The Morgan fingerprint density at radius 2 is 1.97 bits per heavy atom. The van der Waals surface area contributed by atoms with Gasteiger partial charge in [-0.05, 0) is 44.3 Å². The van der Waals surface area contributed by atoms with Crippen molar-refractivity contribution in [3.63, 3.8) is 0 Å². The number of likely N-dealkylation sites (tertiary alicyclic amines) is 1. The number of aryl methyl sites for hydroxylation is 1. The summed E-state index contributed by atoms with van der Waals surface area (Å²) in [4.78, 5) is 20.9. The third-order valence-corrected chi connectivity index (χ3v) is 5.98. The minimum Gasteiger partial charge on any atom is -0.441 e. The van der Waals surface area contributed by atoms with Gasteiger partial charge in [0.2, 0.25) is 11.8 Å². The molecule has 2 heterocycles. The van der Waals surface area contributed by atoms with E-state index < -0.39 is 0 Å². The predicted molar refractivity (Wildman–Crippen MR) is 116 cm³/mol. The molecule has 1 aromatic carbocycles. The number of hydrogen-bond donors (Lipinski definition) is 1. The topological polar surface area (TPSA) is 61.6 Å². The summed E-state index contributed by atoms with van der Waals surface area (Å²) in [5, 5.41) is 3.71. The highest BCUT2D eigenvalue weighted by Gasteiger charge is 2.36. The summed E-state index contributed by atoms with van der Waals surface area (Å²) in [7, 11) is 0. The van der Waals surface area contributed by atoms with E-state index in [4.69, 9.17) is 21.0 Å². The summed E-state index contributed by atoms with van der Waals surface area (Å²) in [5.41, 5.74) is 1.91. The Labute approximate surface area is 178 Å². The van der Waals surface area contributed by atoms with Crippen molar-refractivity contribution in [3.8, 4) is 11.5 Å². The van der Waals surface area contributed by atoms with Crippen molar-refractivity contribution in [2.75, 3.05) is 32.7 Å². The van der Waals surface area contributed by atoms with E-state index in [9.17, 15) is 4.79 Å². The van der Waals surface area contributed by atoms with Gasteiger partial charge in [-0.15, -0.1) is 0 Å². The van der Waals surface area contributed by atoms with Crippen molar-refractivity contribution in [3.05, 3.63) is 40.7 Å². The standard InChI is InChI=1S/C22H31ClN4O2/c1-5-27(6-2)21(11-24-16(4)28)18-12-26(13-18)14-20-15(3)29-22(25-20)17-7-9-19(23)10-8-17/h7-10,18,21H,5-6,11-14H2,1-4H3,(H,24,28). The summed E-state index contributed by atoms with van der Waals surface area (Å²) in [6, 6.07) is 7.91. The van der Waals surface area contributed by atoms with Crippen LogP contribution in [0.2, 0.25) is 5.02 Å². The molecule has 1 atom stereocenters. The number of hydrogen-bond acceptors (Lipinski definition) is 5. The third kappa shape index (κ3) is 5.38. The van der Waals surface area contributed by atoms with Crippen molar-refractivity contribution in [1.82, 2.24) is 20.1 Å². The Morgan fingerprint density at radius 3 is 2.55 bits per heavy atom. The molecular weight excluding hydrogens is 388 g/mol. The monoisotopic (exact) mass is 418 g/mol. The Hall–Kier alpha value is -1.89. The number of oxazole rings is 1. The van der Waals surface area contributed by atoms with Gasteiger partial charge in [0.25, 0.3) is 0 Å². The van der Waals surface area contributed by atoms with Crippen molar-refractivity contribution >= 4 is 17.5 Å². The van der Waals surface area contributed by atoms with Crippen LogP contribution in [0, 0.1) is 12.8 Å². The lowest BCUT2D eigenvalue weighted by Gasteiger charge is -2.46. The second-order valence-corrected chi connectivity index (χ2v) is 8.15. The highest BCUT2D eigenvalue weighted by molar-refractivity contribution is 6.30. The molecule has 1 N–H and O–H groups in total. The number of carbonyl (C=O) groups is 1. The van der Waals surface area contributed by atoms with Crippen LogP contribution in [0.25, 0.3) is 11.5 Å². The van der Waals surface area contributed by atoms with Gasteiger partial charge in [0, 0.05) is 55.6 Å². The van der Waals surface area contributed by atoms with Crippen LogP contribution < -0.4 is 5.32 Å². The quantitative estimate of drug-likeness (QED) is 0.674. The van der Waals surface area contributed by atoms with Crippen LogP contribution in [0.4, 0.5) is 0 Å². The normalized spacial score (nSPS) is 16.1. The van der Waals surface area contributed by atoms with E-state index in [0.29, 0.717) is 29.4 Å². The van der Waals surface area contributed by atoms with E-state index in [-0.39, 0.29) is 5.91 Å². The molecule has 1 unspecified atom stereocenters. The highest BCUT2D eigenvalue weighted by atomic mass is 35.5. The zero-order valence-corrected chi connectivity index (χ0v) is 18.5. The summed E-state index contributed by atoms with van der Waals surface area (Å²) in [6.07, 6.45) is 0. The van der Waals surface area contributed by atoms with Crippen molar-refractivity contribution in [2.45, 2.75) is 40.3 Å². The number of likely N-dealkylation sites (N-methyl/N-ethyl adjacent to an activating group) is 1. The molecule has 29 heavy (non-hydrogen) atoms. The van der Waals surface area contributed by atoms with Gasteiger partial charge in [0.05, 0.1) is 5.69 Å². The largest absolute Gasteiger partial charge is 0.441 e. The molecule has 1 aliphatic heterocycles. The number of carbonyl (C=O) groups excluding carboxylic acids is 1. The number of aromatic nitrogens is 1. The lowest BCUT2D eigenvalue weighted by atomic mass is 9.89. The first-order valence-corrected chi connectivity index (χ1v) is 10.7. The molecule has 3 rings (SSSR count). The highest BCUT2D eigenvalue weighted by Crippen LogP contribution is 2.28. The molecule has 1 aliphatic rings. The van der Waals surface area contributed by atoms with Gasteiger partial charge in [0.1, 0.15) is 5.76 Å². The fraction of sp³-hybridized carbons (Fsp3) is 0.545. The number of nitrogens with one attached hydrogen (secondary N) is 1. The van der Waals surface area contributed by atoms with E-state index in [0.717, 1.165) is 49.7 Å². The summed E-state index contributed by atoms with van der Waals surface area (Å²) >= 11 is 5.97. The number of rotatable bonds is 9. The third-order valence-electron chi connectivity index (χ3n) is 5.73. The lowest BCUT2D eigenvalue weighted by molar-refractivity contribution is -0.119. The summed E-state index contributed by atoms with van der Waals surface area (Å²) in [5.74, 6) is 2.07. The van der Waals surface area contributed by atoms with Crippen molar-refractivity contribution < 1.29 is 9.21 Å². The maximum Gasteiger partial charge on any atom is 0.226 e. The van der Waals surface area contributed by atoms with Gasteiger partial charge >= 0.3 is 0 Å². The molecule has 2 aromatic rings. The number of benzene rings is 1. The van der Waals surface area contributed by atoms with Crippen LogP contribution in [0.15, 0.2) is 28.7 Å². The van der Waals surface area contributed by atoms with E-state index in [1.165, 1.54) is 0 Å². The molecular formula is C22H31ClN4O2. The molecule has 0 spiro atoms. The molecule has 158 valence electrons. The Bertz CT molecular complexity index is 811. The number of nitrogens with zero attached hydrogens (tertiary/aromatic N) is 3. The lowest BCUT2D eigenvalue weighted by Crippen LogP contribution is -2.59. The van der Waals surface area contributed by atoms with Crippen molar-refractivity contribution in [1.29, 1.82) is 0 Å². The minimum atomic E-state index is 0.0336.